The third-order valence-corrected chi connectivity index (χ3v) is 3.62. The smallest absolute Gasteiger partial charge is 0.289 e. The summed E-state index contributed by atoms with van der Waals surface area (Å²) < 4.78 is 10.7. The standard InChI is InChI=1S/C15H12N2O3/c18-15(14-7-10-3-1-2-4-12(10)19-14)17-6-5-13-11(9-17)8-16-20-13/h1-4,7-8H,5-6,9H2. The molecule has 0 atom stereocenters. The number of amides is 1. The molecular weight excluding hydrogens is 256 g/mol. The van der Waals surface area contributed by atoms with Crippen LogP contribution in [0.25, 0.3) is 11.0 Å². The van der Waals surface area contributed by atoms with E-state index in [-0.39, 0.29) is 5.91 Å². The van der Waals surface area contributed by atoms with Gasteiger partial charge in [-0.05, 0) is 12.1 Å². The average molecular weight is 268 g/mol. The summed E-state index contributed by atoms with van der Waals surface area (Å²) in [6.07, 6.45) is 2.37. The molecule has 0 bridgehead atoms. The lowest BCUT2D eigenvalue weighted by Crippen LogP contribution is -2.35. The topological polar surface area (TPSA) is 59.5 Å². The van der Waals surface area contributed by atoms with Gasteiger partial charge >= 0.3 is 0 Å². The molecule has 0 spiro atoms. The summed E-state index contributed by atoms with van der Waals surface area (Å²) in [5, 5.41) is 4.71. The number of nitrogens with zero attached hydrogens (tertiary/aromatic N) is 2. The molecule has 1 aliphatic heterocycles. The Labute approximate surface area is 114 Å². The van der Waals surface area contributed by atoms with Crippen molar-refractivity contribution in [2.45, 2.75) is 13.0 Å². The predicted octanol–water partition coefficient (Wildman–Crippen LogP) is 2.62. The van der Waals surface area contributed by atoms with E-state index in [0.717, 1.165) is 22.3 Å². The van der Waals surface area contributed by atoms with Crippen LogP contribution < -0.4 is 0 Å². The van der Waals surface area contributed by atoms with Crippen molar-refractivity contribution in [2.75, 3.05) is 6.54 Å². The summed E-state index contributed by atoms with van der Waals surface area (Å²) in [5.41, 5.74) is 1.71. The average Bonchev–Trinajstić information content (AvgIpc) is 3.11. The second kappa shape index (κ2) is 4.23. The zero-order valence-electron chi connectivity index (χ0n) is 10.7. The lowest BCUT2D eigenvalue weighted by atomic mass is 10.1. The van der Waals surface area contributed by atoms with Gasteiger partial charge in [0.15, 0.2) is 5.76 Å². The molecule has 0 fully saturated rings. The number of furan rings is 1. The van der Waals surface area contributed by atoms with Crippen LogP contribution in [-0.2, 0) is 13.0 Å². The number of fused-ring (bicyclic) bond motifs is 2. The van der Waals surface area contributed by atoms with Crippen molar-refractivity contribution in [2.24, 2.45) is 0 Å². The zero-order chi connectivity index (χ0) is 13.5. The summed E-state index contributed by atoms with van der Waals surface area (Å²) >= 11 is 0. The molecule has 1 aromatic carbocycles. The highest BCUT2D eigenvalue weighted by Crippen LogP contribution is 2.23. The summed E-state index contributed by atoms with van der Waals surface area (Å²) in [6.45, 7) is 1.15. The normalized spacial score (nSPS) is 14.5. The van der Waals surface area contributed by atoms with Crippen molar-refractivity contribution in [3.63, 3.8) is 0 Å². The van der Waals surface area contributed by atoms with Gasteiger partial charge in [0.05, 0.1) is 12.7 Å². The van der Waals surface area contributed by atoms with Crippen molar-refractivity contribution in [1.82, 2.24) is 10.1 Å². The third-order valence-electron chi connectivity index (χ3n) is 3.62. The maximum Gasteiger partial charge on any atom is 0.289 e. The van der Waals surface area contributed by atoms with Gasteiger partial charge in [-0.3, -0.25) is 4.79 Å². The molecule has 3 heterocycles. The van der Waals surface area contributed by atoms with Crippen LogP contribution in [0.1, 0.15) is 21.9 Å². The molecule has 100 valence electrons. The van der Waals surface area contributed by atoms with Gasteiger partial charge in [-0.1, -0.05) is 23.4 Å². The largest absolute Gasteiger partial charge is 0.451 e. The molecule has 20 heavy (non-hydrogen) atoms. The Hall–Kier alpha value is -2.56. The minimum atomic E-state index is -0.0898. The van der Waals surface area contributed by atoms with Gasteiger partial charge < -0.3 is 13.8 Å². The fourth-order valence-corrected chi connectivity index (χ4v) is 2.56. The minimum absolute atomic E-state index is 0.0898. The molecular formula is C15H12N2O3. The van der Waals surface area contributed by atoms with Gasteiger partial charge in [0.2, 0.25) is 0 Å². The molecule has 4 rings (SSSR count). The first-order valence-electron chi connectivity index (χ1n) is 6.51. The summed E-state index contributed by atoms with van der Waals surface area (Å²) in [5.74, 6) is 1.16. The molecule has 0 saturated carbocycles. The van der Waals surface area contributed by atoms with Crippen LogP contribution in [0.4, 0.5) is 0 Å². The molecule has 5 nitrogen and oxygen atoms in total. The molecule has 0 unspecified atom stereocenters. The SMILES string of the molecule is O=C(c1cc2ccccc2o1)N1CCc2oncc2C1. The molecule has 0 radical (unpaired) electrons. The van der Waals surface area contributed by atoms with Gasteiger partial charge in [0.25, 0.3) is 5.91 Å². The Morgan fingerprint density at radius 3 is 3.10 bits per heavy atom. The Bertz CT molecular complexity index is 754. The highest BCUT2D eigenvalue weighted by Gasteiger charge is 2.26. The van der Waals surface area contributed by atoms with Crippen LogP contribution in [-0.4, -0.2) is 22.5 Å². The Kier molecular flexibility index (Phi) is 2.39. The first kappa shape index (κ1) is 11.3. The van der Waals surface area contributed by atoms with Crippen molar-refractivity contribution in [1.29, 1.82) is 0 Å². The highest BCUT2D eigenvalue weighted by molar-refractivity contribution is 5.96. The molecule has 5 heteroatoms. The molecule has 2 aromatic heterocycles. The Balaban J connectivity index is 1.64. The van der Waals surface area contributed by atoms with E-state index in [9.17, 15) is 4.79 Å². The van der Waals surface area contributed by atoms with E-state index in [2.05, 4.69) is 5.16 Å². The monoisotopic (exact) mass is 268 g/mol. The number of hydrogen-bond acceptors (Lipinski definition) is 4. The number of rotatable bonds is 1. The summed E-state index contributed by atoms with van der Waals surface area (Å²) in [6, 6.07) is 9.41. The molecule has 1 aliphatic rings. The Morgan fingerprint density at radius 2 is 2.20 bits per heavy atom. The van der Waals surface area contributed by atoms with E-state index in [1.165, 1.54) is 0 Å². The van der Waals surface area contributed by atoms with Crippen LogP contribution in [0.15, 0.2) is 45.5 Å². The zero-order valence-corrected chi connectivity index (χ0v) is 10.7. The number of carbonyl (C=O) groups excluding carboxylic acids is 1. The number of benzene rings is 1. The van der Waals surface area contributed by atoms with E-state index in [1.807, 2.05) is 24.3 Å². The molecule has 1 amide bonds. The van der Waals surface area contributed by atoms with Crippen LogP contribution in [0.2, 0.25) is 0 Å². The number of hydrogen-bond donors (Lipinski definition) is 0. The molecule has 0 saturated heterocycles. The van der Waals surface area contributed by atoms with Gasteiger partial charge in [-0.2, -0.15) is 0 Å². The summed E-state index contributed by atoms with van der Waals surface area (Å²) in [4.78, 5) is 14.2. The maximum atomic E-state index is 12.5. The van der Waals surface area contributed by atoms with E-state index in [4.69, 9.17) is 8.94 Å². The minimum Gasteiger partial charge on any atom is -0.451 e. The Morgan fingerprint density at radius 1 is 1.30 bits per heavy atom. The van der Waals surface area contributed by atoms with Crippen molar-refractivity contribution >= 4 is 16.9 Å². The molecule has 0 N–H and O–H groups in total. The number of aromatic nitrogens is 1. The van der Waals surface area contributed by atoms with Gasteiger partial charge in [-0.25, -0.2) is 0 Å². The highest BCUT2D eigenvalue weighted by atomic mass is 16.5. The number of para-hydroxylation sites is 1. The molecule has 0 aliphatic carbocycles. The van der Waals surface area contributed by atoms with Crippen molar-refractivity contribution < 1.29 is 13.7 Å². The van der Waals surface area contributed by atoms with E-state index in [1.54, 1.807) is 17.2 Å². The summed E-state index contributed by atoms with van der Waals surface area (Å²) in [7, 11) is 0. The van der Waals surface area contributed by atoms with Crippen molar-refractivity contribution in [3.05, 3.63) is 53.6 Å². The lowest BCUT2D eigenvalue weighted by molar-refractivity contribution is 0.0699. The van der Waals surface area contributed by atoms with Crippen LogP contribution in [0, 0.1) is 0 Å². The first-order chi connectivity index (χ1) is 9.81. The van der Waals surface area contributed by atoms with Crippen molar-refractivity contribution in [3.8, 4) is 0 Å². The van der Waals surface area contributed by atoms with Crippen LogP contribution >= 0.6 is 0 Å². The second-order valence-electron chi connectivity index (χ2n) is 4.90. The fraction of sp³-hybridized carbons (Fsp3) is 0.200. The lowest BCUT2D eigenvalue weighted by Gasteiger charge is -2.24. The van der Waals surface area contributed by atoms with Gasteiger partial charge in [0.1, 0.15) is 11.3 Å². The van der Waals surface area contributed by atoms with E-state index in [0.29, 0.717) is 25.3 Å². The van der Waals surface area contributed by atoms with E-state index >= 15 is 0 Å². The van der Waals surface area contributed by atoms with Gasteiger partial charge in [-0.15, -0.1) is 0 Å². The third kappa shape index (κ3) is 1.71. The first-order valence-corrected chi connectivity index (χ1v) is 6.51. The quantitative estimate of drug-likeness (QED) is 0.680. The van der Waals surface area contributed by atoms with Crippen LogP contribution in [0.5, 0.6) is 0 Å². The fourth-order valence-electron chi connectivity index (χ4n) is 2.56. The predicted molar refractivity (Wildman–Crippen MR) is 71.2 cm³/mol. The molecule has 3 aromatic rings. The second-order valence-corrected chi connectivity index (χ2v) is 4.90. The van der Waals surface area contributed by atoms with Crippen LogP contribution in [0.3, 0.4) is 0 Å². The maximum absolute atomic E-state index is 12.5. The van der Waals surface area contributed by atoms with Gasteiger partial charge in [0, 0.05) is 23.9 Å². The number of carbonyl (C=O) groups is 1. The van der Waals surface area contributed by atoms with E-state index < -0.39 is 0 Å².